The molecule has 2 aromatic rings. The molecule has 2 aromatic heterocycles. The van der Waals surface area contributed by atoms with E-state index in [0.717, 1.165) is 0 Å². The molecule has 0 aromatic carbocycles. The molecular formula is C16H20F2N4O2. The van der Waals surface area contributed by atoms with Crippen LogP contribution in [-0.4, -0.2) is 57.4 Å². The van der Waals surface area contributed by atoms with Crippen LogP contribution in [0.5, 0.6) is 0 Å². The summed E-state index contributed by atoms with van der Waals surface area (Å²) in [6, 6.07) is 3.72. The van der Waals surface area contributed by atoms with Crippen molar-refractivity contribution in [1.82, 2.24) is 19.2 Å². The minimum Gasteiger partial charge on any atom is -0.459 e. The Hall–Kier alpha value is -2.22. The van der Waals surface area contributed by atoms with Gasteiger partial charge in [-0.1, -0.05) is 0 Å². The van der Waals surface area contributed by atoms with Crippen LogP contribution in [0.4, 0.5) is 8.78 Å². The van der Waals surface area contributed by atoms with Crippen molar-refractivity contribution >= 4 is 5.97 Å². The van der Waals surface area contributed by atoms with Crippen molar-refractivity contribution < 1.29 is 18.3 Å². The molecule has 0 aliphatic carbocycles. The van der Waals surface area contributed by atoms with Crippen LogP contribution in [-0.2, 0) is 11.8 Å². The molecule has 0 radical (unpaired) electrons. The van der Waals surface area contributed by atoms with E-state index in [1.54, 1.807) is 21.2 Å². The van der Waals surface area contributed by atoms with E-state index in [2.05, 4.69) is 5.10 Å². The summed E-state index contributed by atoms with van der Waals surface area (Å²) in [4.78, 5) is 14.2. The lowest BCUT2D eigenvalue weighted by Crippen LogP contribution is -2.40. The minimum atomic E-state index is -2.33. The zero-order valence-corrected chi connectivity index (χ0v) is 13.4. The molecule has 1 saturated heterocycles. The van der Waals surface area contributed by atoms with E-state index in [4.69, 9.17) is 4.74 Å². The van der Waals surface area contributed by atoms with E-state index in [1.165, 1.54) is 6.20 Å². The Morgan fingerprint density at radius 1 is 1.33 bits per heavy atom. The van der Waals surface area contributed by atoms with Gasteiger partial charge < -0.3 is 9.30 Å². The lowest BCUT2D eigenvalue weighted by atomic mass is 10.1. The van der Waals surface area contributed by atoms with Crippen LogP contribution in [0.3, 0.4) is 0 Å². The average Bonchev–Trinajstić information content (AvgIpc) is 3.17. The summed E-state index contributed by atoms with van der Waals surface area (Å²) >= 11 is 0. The topological polar surface area (TPSA) is 52.3 Å². The zero-order valence-electron chi connectivity index (χ0n) is 13.4. The lowest BCUT2D eigenvalue weighted by molar-refractivity contribution is 0.00226. The smallest absolute Gasteiger partial charge is 0.343 e. The van der Waals surface area contributed by atoms with E-state index >= 15 is 0 Å². The zero-order chi connectivity index (χ0) is 17.1. The van der Waals surface area contributed by atoms with Crippen LogP contribution in [0.15, 0.2) is 30.7 Å². The van der Waals surface area contributed by atoms with Crippen molar-refractivity contribution in [2.75, 3.05) is 19.6 Å². The average molecular weight is 338 g/mol. The van der Waals surface area contributed by atoms with Crippen molar-refractivity contribution in [3.8, 4) is 5.82 Å². The summed E-state index contributed by atoms with van der Waals surface area (Å²) in [5.41, 5.74) is 0.392. The number of carbonyl (C=O) groups excluding carboxylic acids is 1. The number of hydrogen-bond acceptors (Lipinski definition) is 4. The van der Waals surface area contributed by atoms with Gasteiger partial charge in [0.25, 0.3) is 6.43 Å². The number of aryl methyl sites for hydroxylation is 1. The van der Waals surface area contributed by atoms with Crippen molar-refractivity contribution in [3.05, 3.63) is 36.3 Å². The largest absolute Gasteiger partial charge is 0.459 e. The number of nitrogens with zero attached hydrogens (tertiary/aromatic N) is 4. The second kappa shape index (κ2) is 7.12. The first-order valence-corrected chi connectivity index (χ1v) is 7.91. The van der Waals surface area contributed by atoms with Gasteiger partial charge in [0, 0.05) is 32.5 Å². The monoisotopic (exact) mass is 338 g/mol. The molecule has 0 atom stereocenters. The fourth-order valence-electron chi connectivity index (χ4n) is 2.98. The maximum absolute atomic E-state index is 12.5. The van der Waals surface area contributed by atoms with Crippen molar-refractivity contribution in [2.24, 2.45) is 7.05 Å². The third-order valence-electron chi connectivity index (χ3n) is 4.18. The number of ether oxygens (including phenoxy) is 1. The highest BCUT2D eigenvalue weighted by Crippen LogP contribution is 2.20. The maximum atomic E-state index is 12.5. The molecular weight excluding hydrogens is 318 g/mol. The molecule has 3 rings (SSSR count). The van der Waals surface area contributed by atoms with Gasteiger partial charge in [-0.25, -0.2) is 13.6 Å². The highest BCUT2D eigenvalue weighted by molar-refractivity contribution is 5.92. The molecule has 0 bridgehead atoms. The Morgan fingerprint density at radius 3 is 2.62 bits per heavy atom. The normalized spacial score (nSPS) is 16.7. The molecule has 0 saturated carbocycles. The molecule has 0 N–H and O–H groups in total. The number of carbonyl (C=O) groups is 1. The lowest BCUT2D eigenvalue weighted by Gasteiger charge is -2.31. The fraction of sp³-hybridized carbons (Fsp3) is 0.500. The Bertz CT molecular complexity index is 676. The van der Waals surface area contributed by atoms with Gasteiger partial charge in [-0.15, -0.1) is 0 Å². The molecule has 0 unspecified atom stereocenters. The molecule has 1 fully saturated rings. The standard InChI is InChI=1S/C16H20F2N4O2/c1-20-15(22-6-2-3-7-22)13(10-19-20)16(23)24-12-4-8-21(9-5-12)11-14(17)18/h2-3,6-7,10,12,14H,4-5,8-9,11H2,1H3. The van der Waals surface area contributed by atoms with Crippen LogP contribution < -0.4 is 0 Å². The van der Waals surface area contributed by atoms with Crippen LogP contribution >= 0.6 is 0 Å². The summed E-state index contributed by atoms with van der Waals surface area (Å²) in [7, 11) is 1.76. The fourth-order valence-corrected chi connectivity index (χ4v) is 2.98. The molecule has 0 spiro atoms. The molecule has 8 heteroatoms. The molecule has 24 heavy (non-hydrogen) atoms. The Labute approximate surface area is 138 Å². The number of esters is 1. The van der Waals surface area contributed by atoms with Crippen molar-refractivity contribution in [2.45, 2.75) is 25.4 Å². The summed E-state index contributed by atoms with van der Waals surface area (Å²) in [6.07, 6.45) is 3.71. The molecule has 1 aliphatic rings. The molecule has 1 aliphatic heterocycles. The van der Waals surface area contributed by atoms with Crippen LogP contribution in [0.2, 0.25) is 0 Å². The first-order chi connectivity index (χ1) is 11.5. The number of alkyl halides is 2. The predicted molar refractivity (Wildman–Crippen MR) is 83.4 cm³/mol. The Morgan fingerprint density at radius 2 is 2.00 bits per heavy atom. The SMILES string of the molecule is Cn1ncc(C(=O)OC2CCN(CC(F)F)CC2)c1-n1cccc1. The number of rotatable bonds is 5. The highest BCUT2D eigenvalue weighted by atomic mass is 19.3. The van der Waals surface area contributed by atoms with E-state index < -0.39 is 12.4 Å². The molecule has 130 valence electrons. The number of piperidine rings is 1. The second-order valence-corrected chi connectivity index (χ2v) is 5.89. The highest BCUT2D eigenvalue weighted by Gasteiger charge is 2.26. The van der Waals surface area contributed by atoms with Gasteiger partial charge in [-0.2, -0.15) is 5.10 Å². The van der Waals surface area contributed by atoms with Crippen LogP contribution in [0, 0.1) is 0 Å². The Kier molecular flexibility index (Phi) is 4.94. The van der Waals surface area contributed by atoms with Gasteiger partial charge in [-0.05, 0) is 25.0 Å². The van der Waals surface area contributed by atoms with Gasteiger partial charge >= 0.3 is 5.97 Å². The minimum absolute atomic E-state index is 0.221. The van der Waals surface area contributed by atoms with E-state index in [-0.39, 0.29) is 12.6 Å². The third kappa shape index (κ3) is 3.64. The van der Waals surface area contributed by atoms with Crippen LogP contribution in [0.25, 0.3) is 5.82 Å². The van der Waals surface area contributed by atoms with Crippen molar-refractivity contribution in [1.29, 1.82) is 0 Å². The summed E-state index contributed by atoms with van der Waals surface area (Å²) in [5.74, 6) is 0.208. The number of hydrogen-bond donors (Lipinski definition) is 0. The van der Waals surface area contributed by atoms with E-state index in [9.17, 15) is 13.6 Å². The summed E-state index contributed by atoms with van der Waals surface area (Å²) in [6.45, 7) is 0.806. The third-order valence-corrected chi connectivity index (χ3v) is 4.18. The van der Waals surface area contributed by atoms with E-state index in [1.807, 2.05) is 24.5 Å². The van der Waals surface area contributed by atoms with Gasteiger partial charge in [0.05, 0.1) is 12.7 Å². The second-order valence-electron chi connectivity index (χ2n) is 5.89. The first kappa shape index (κ1) is 16.6. The Balaban J connectivity index is 1.63. The van der Waals surface area contributed by atoms with Gasteiger partial charge in [0.1, 0.15) is 17.5 Å². The maximum Gasteiger partial charge on any atom is 0.343 e. The predicted octanol–water partition coefficient (Wildman–Crippen LogP) is 2.10. The molecule has 6 nitrogen and oxygen atoms in total. The van der Waals surface area contributed by atoms with E-state index in [0.29, 0.717) is 37.3 Å². The van der Waals surface area contributed by atoms with Crippen molar-refractivity contribution in [3.63, 3.8) is 0 Å². The quantitative estimate of drug-likeness (QED) is 0.784. The molecule has 0 amide bonds. The summed E-state index contributed by atoms with van der Waals surface area (Å²) in [5, 5.41) is 4.13. The van der Waals surface area contributed by atoms with Gasteiger partial charge in [-0.3, -0.25) is 9.58 Å². The number of aromatic nitrogens is 3. The van der Waals surface area contributed by atoms with Gasteiger partial charge in [0.15, 0.2) is 0 Å². The summed E-state index contributed by atoms with van der Waals surface area (Å²) < 4.78 is 33.8. The van der Waals surface area contributed by atoms with Gasteiger partial charge in [0.2, 0.25) is 0 Å². The molecule has 3 heterocycles. The number of likely N-dealkylation sites (tertiary alicyclic amines) is 1. The number of halogens is 2. The van der Waals surface area contributed by atoms with Crippen LogP contribution in [0.1, 0.15) is 23.2 Å². The first-order valence-electron chi connectivity index (χ1n) is 7.91.